The zero-order valence-electron chi connectivity index (χ0n) is 11.2. The summed E-state index contributed by atoms with van der Waals surface area (Å²) in [6.07, 6.45) is 3.46. The maximum Gasteiger partial charge on any atom is 0.347 e. The Labute approximate surface area is 115 Å². The number of amides is 1. The minimum atomic E-state index is -0.259. The molecule has 0 bridgehead atoms. The average Bonchev–Trinajstić information content (AvgIpc) is 3.00. The summed E-state index contributed by atoms with van der Waals surface area (Å²) < 4.78 is 8.14. The Morgan fingerprint density at radius 3 is 2.95 bits per heavy atom. The summed E-state index contributed by atoms with van der Waals surface area (Å²) in [7, 11) is 0. The van der Waals surface area contributed by atoms with Gasteiger partial charge in [0.15, 0.2) is 5.76 Å². The number of carbonyl (C=O) groups is 1. The molecule has 1 amide bonds. The Hall–Kier alpha value is -2.31. The first-order valence-corrected chi connectivity index (χ1v) is 6.70. The topological polar surface area (TPSA) is 82.1 Å². The molecule has 3 rings (SSSR count). The molecule has 7 heteroatoms. The van der Waals surface area contributed by atoms with Gasteiger partial charge in [-0.3, -0.25) is 9.36 Å². The fraction of sp³-hybridized carbons (Fsp3) is 0.462. The third-order valence-corrected chi connectivity index (χ3v) is 3.19. The van der Waals surface area contributed by atoms with Gasteiger partial charge in [0.25, 0.3) is 0 Å². The van der Waals surface area contributed by atoms with Crippen LogP contribution in [0.1, 0.15) is 25.8 Å². The van der Waals surface area contributed by atoms with Crippen LogP contribution in [-0.2, 0) is 11.3 Å². The van der Waals surface area contributed by atoms with Crippen molar-refractivity contribution >= 4 is 5.91 Å². The van der Waals surface area contributed by atoms with E-state index < -0.39 is 0 Å². The Bertz CT molecular complexity index is 664. The van der Waals surface area contributed by atoms with E-state index in [0.717, 1.165) is 12.8 Å². The van der Waals surface area contributed by atoms with Crippen molar-refractivity contribution in [3.63, 3.8) is 0 Å². The van der Waals surface area contributed by atoms with Crippen LogP contribution in [0.2, 0.25) is 0 Å². The van der Waals surface area contributed by atoms with Crippen LogP contribution < -0.4 is 11.0 Å². The lowest BCUT2D eigenvalue weighted by Crippen LogP contribution is -2.33. The first kappa shape index (κ1) is 12.7. The second-order valence-electron chi connectivity index (χ2n) is 4.80. The van der Waals surface area contributed by atoms with Crippen LogP contribution in [0.25, 0.3) is 11.6 Å². The zero-order valence-corrected chi connectivity index (χ0v) is 11.2. The Balaban J connectivity index is 1.98. The second kappa shape index (κ2) is 4.99. The molecular weight excluding hydrogens is 260 g/mol. The number of hydrogen-bond acceptors (Lipinski definition) is 4. The standard InChI is InChI=1S/C13H16N4O3/c1-2-14-11(18)8-16-13(19)17(9-5-6-9)12(15-16)10-4-3-7-20-10/h3-4,7,9H,2,5-6,8H2,1H3,(H,14,18). The van der Waals surface area contributed by atoms with Gasteiger partial charge in [-0.1, -0.05) is 0 Å². The molecule has 1 saturated carbocycles. The van der Waals surface area contributed by atoms with E-state index in [-0.39, 0.29) is 24.2 Å². The Morgan fingerprint density at radius 1 is 1.55 bits per heavy atom. The lowest BCUT2D eigenvalue weighted by molar-refractivity contribution is -0.121. The molecule has 1 aliphatic rings. The Kier molecular flexibility index (Phi) is 3.17. The highest BCUT2D eigenvalue weighted by atomic mass is 16.3. The number of furan rings is 1. The normalized spacial score (nSPS) is 14.4. The van der Waals surface area contributed by atoms with E-state index in [4.69, 9.17) is 4.42 Å². The van der Waals surface area contributed by atoms with E-state index in [2.05, 4.69) is 10.4 Å². The number of nitrogens with one attached hydrogen (secondary N) is 1. The maximum absolute atomic E-state index is 12.3. The quantitative estimate of drug-likeness (QED) is 0.874. The maximum atomic E-state index is 12.3. The van der Waals surface area contributed by atoms with Crippen LogP contribution in [0.3, 0.4) is 0 Å². The van der Waals surface area contributed by atoms with Crippen molar-refractivity contribution < 1.29 is 9.21 Å². The number of rotatable bonds is 5. The molecule has 0 atom stereocenters. The molecule has 0 radical (unpaired) electrons. The van der Waals surface area contributed by atoms with Crippen molar-refractivity contribution in [3.8, 4) is 11.6 Å². The fourth-order valence-corrected chi connectivity index (χ4v) is 2.15. The molecule has 106 valence electrons. The first-order valence-electron chi connectivity index (χ1n) is 6.70. The van der Waals surface area contributed by atoms with Gasteiger partial charge in [0.05, 0.1) is 6.26 Å². The highest BCUT2D eigenvalue weighted by Gasteiger charge is 2.31. The highest BCUT2D eigenvalue weighted by Crippen LogP contribution is 2.36. The summed E-state index contributed by atoms with van der Waals surface area (Å²) in [6.45, 7) is 2.29. The summed E-state index contributed by atoms with van der Waals surface area (Å²) in [5, 5.41) is 6.91. The predicted molar refractivity (Wildman–Crippen MR) is 71.1 cm³/mol. The lowest BCUT2D eigenvalue weighted by Gasteiger charge is -2.00. The number of aromatic nitrogens is 3. The third-order valence-electron chi connectivity index (χ3n) is 3.19. The van der Waals surface area contributed by atoms with Gasteiger partial charge in [-0.05, 0) is 31.9 Å². The number of likely N-dealkylation sites (N-methyl/N-ethyl adjacent to an activating group) is 1. The van der Waals surface area contributed by atoms with Gasteiger partial charge >= 0.3 is 5.69 Å². The molecule has 20 heavy (non-hydrogen) atoms. The molecule has 1 N–H and O–H groups in total. The molecule has 1 fully saturated rings. The van der Waals surface area contributed by atoms with Crippen LogP contribution in [0.4, 0.5) is 0 Å². The molecule has 0 saturated heterocycles. The lowest BCUT2D eigenvalue weighted by atomic mass is 10.4. The minimum absolute atomic E-state index is 0.0693. The molecule has 7 nitrogen and oxygen atoms in total. The van der Waals surface area contributed by atoms with E-state index in [0.29, 0.717) is 18.1 Å². The second-order valence-corrected chi connectivity index (χ2v) is 4.80. The molecule has 0 aromatic carbocycles. The molecule has 1 aliphatic carbocycles. The van der Waals surface area contributed by atoms with Gasteiger partial charge in [0.2, 0.25) is 11.7 Å². The Morgan fingerprint density at radius 2 is 2.35 bits per heavy atom. The van der Waals surface area contributed by atoms with Crippen LogP contribution in [0.15, 0.2) is 27.6 Å². The minimum Gasteiger partial charge on any atom is -0.461 e. The molecular formula is C13H16N4O3. The van der Waals surface area contributed by atoms with Gasteiger partial charge in [-0.2, -0.15) is 0 Å². The summed E-state index contributed by atoms with van der Waals surface area (Å²) in [6, 6.07) is 3.68. The van der Waals surface area contributed by atoms with Crippen molar-refractivity contribution in [1.29, 1.82) is 0 Å². The van der Waals surface area contributed by atoms with Gasteiger partial charge < -0.3 is 9.73 Å². The number of carbonyl (C=O) groups excluding carboxylic acids is 1. The van der Waals surface area contributed by atoms with Gasteiger partial charge in [-0.25, -0.2) is 9.48 Å². The predicted octanol–water partition coefficient (Wildman–Crippen LogP) is 0.776. The molecule has 0 aliphatic heterocycles. The van der Waals surface area contributed by atoms with Gasteiger partial charge in [0.1, 0.15) is 6.54 Å². The van der Waals surface area contributed by atoms with Crippen molar-refractivity contribution in [1.82, 2.24) is 19.7 Å². The van der Waals surface area contributed by atoms with E-state index in [1.165, 1.54) is 4.68 Å². The molecule has 0 spiro atoms. The van der Waals surface area contributed by atoms with Gasteiger partial charge in [0, 0.05) is 12.6 Å². The van der Waals surface area contributed by atoms with E-state index in [1.807, 2.05) is 6.92 Å². The number of nitrogens with zero attached hydrogens (tertiary/aromatic N) is 3. The smallest absolute Gasteiger partial charge is 0.347 e. The van der Waals surface area contributed by atoms with E-state index >= 15 is 0 Å². The summed E-state index contributed by atoms with van der Waals surface area (Å²) in [5.41, 5.74) is -0.259. The van der Waals surface area contributed by atoms with Crippen LogP contribution in [0, 0.1) is 0 Å². The zero-order chi connectivity index (χ0) is 14.1. The first-order chi connectivity index (χ1) is 9.70. The summed E-state index contributed by atoms with van der Waals surface area (Å²) in [5.74, 6) is 0.816. The van der Waals surface area contributed by atoms with Crippen molar-refractivity contribution in [2.24, 2.45) is 0 Å². The van der Waals surface area contributed by atoms with Crippen LogP contribution >= 0.6 is 0 Å². The number of hydrogen-bond donors (Lipinski definition) is 1. The largest absolute Gasteiger partial charge is 0.461 e. The van der Waals surface area contributed by atoms with Crippen LogP contribution in [0.5, 0.6) is 0 Å². The molecule has 2 aromatic rings. The monoisotopic (exact) mass is 276 g/mol. The molecule has 2 aromatic heterocycles. The van der Waals surface area contributed by atoms with Crippen molar-refractivity contribution in [2.75, 3.05) is 6.54 Å². The molecule has 0 unspecified atom stereocenters. The SMILES string of the molecule is CCNC(=O)Cn1nc(-c2ccco2)n(C2CC2)c1=O. The average molecular weight is 276 g/mol. The fourth-order valence-electron chi connectivity index (χ4n) is 2.15. The highest BCUT2D eigenvalue weighted by molar-refractivity contribution is 5.75. The van der Waals surface area contributed by atoms with Gasteiger partial charge in [-0.15, -0.1) is 5.10 Å². The van der Waals surface area contributed by atoms with E-state index in [9.17, 15) is 9.59 Å². The van der Waals surface area contributed by atoms with E-state index in [1.54, 1.807) is 23.0 Å². The summed E-state index contributed by atoms with van der Waals surface area (Å²) in [4.78, 5) is 24.0. The van der Waals surface area contributed by atoms with Crippen molar-refractivity contribution in [2.45, 2.75) is 32.4 Å². The van der Waals surface area contributed by atoms with Crippen molar-refractivity contribution in [3.05, 3.63) is 28.9 Å². The molecule has 2 heterocycles. The third kappa shape index (κ3) is 2.26. The van der Waals surface area contributed by atoms with Crippen LogP contribution in [-0.4, -0.2) is 26.8 Å². The summed E-state index contributed by atoms with van der Waals surface area (Å²) >= 11 is 0.